The monoisotopic (exact) mass is 558 g/mol. The number of ether oxygens (including phenoxy) is 5. The lowest BCUT2D eigenvalue weighted by atomic mass is 9.76. The Kier molecular flexibility index (Phi) is 14.7. The highest BCUT2D eigenvalue weighted by atomic mass is 16.6. The normalized spacial score (nSPS) is 15.3. The molecule has 0 aromatic heterocycles. The maximum absolute atomic E-state index is 13.2. The first kappa shape index (κ1) is 37.8. The second kappa shape index (κ2) is 15.2. The summed E-state index contributed by atoms with van der Waals surface area (Å²) in [5.41, 5.74) is -1.83. The second-order valence-electron chi connectivity index (χ2n) is 15.8. The zero-order valence-electron chi connectivity index (χ0n) is 28.0. The Morgan fingerprint density at radius 1 is 0.692 bits per heavy atom. The van der Waals surface area contributed by atoms with E-state index >= 15 is 0 Å². The van der Waals surface area contributed by atoms with Crippen LogP contribution in [0.1, 0.15) is 116 Å². The van der Waals surface area contributed by atoms with Crippen molar-refractivity contribution >= 4 is 11.9 Å². The van der Waals surface area contributed by atoms with E-state index < -0.39 is 22.5 Å². The number of esters is 2. The standard InChI is InChI=1S/C32H62O7/c1-23(2)25(20-35-15)39-32(13,14)16-17-36-18-24(38-27(34)31(11,12)22-29(6,7)8)19-37-26(33)30(9,10)21-28(3,4)5/h23-25H,16-22H2,1-15H3. The fraction of sp³-hybridized carbons (Fsp3) is 0.938. The van der Waals surface area contributed by atoms with Crippen LogP contribution in [0.5, 0.6) is 0 Å². The predicted octanol–water partition coefficient (Wildman–Crippen LogP) is 7.24. The molecule has 0 bridgehead atoms. The van der Waals surface area contributed by atoms with Gasteiger partial charge in [-0.25, -0.2) is 0 Å². The molecule has 0 saturated heterocycles. The van der Waals surface area contributed by atoms with Gasteiger partial charge in [0.2, 0.25) is 0 Å². The van der Waals surface area contributed by atoms with Gasteiger partial charge >= 0.3 is 11.9 Å². The van der Waals surface area contributed by atoms with Gasteiger partial charge in [0.1, 0.15) is 6.61 Å². The third-order valence-electron chi connectivity index (χ3n) is 6.42. The Balaban J connectivity index is 5.34. The third kappa shape index (κ3) is 16.6. The van der Waals surface area contributed by atoms with E-state index in [-0.39, 0.29) is 42.1 Å². The Hall–Kier alpha value is -1.18. The van der Waals surface area contributed by atoms with Crippen molar-refractivity contribution in [1.82, 2.24) is 0 Å². The van der Waals surface area contributed by atoms with Crippen molar-refractivity contribution in [3.8, 4) is 0 Å². The molecule has 0 rings (SSSR count). The zero-order valence-corrected chi connectivity index (χ0v) is 28.0. The lowest BCUT2D eigenvalue weighted by Gasteiger charge is -2.33. The van der Waals surface area contributed by atoms with Crippen molar-refractivity contribution in [1.29, 1.82) is 0 Å². The lowest BCUT2D eigenvalue weighted by Crippen LogP contribution is -2.39. The van der Waals surface area contributed by atoms with E-state index in [0.29, 0.717) is 38.4 Å². The number of methoxy groups -OCH3 is 1. The topological polar surface area (TPSA) is 80.3 Å². The van der Waals surface area contributed by atoms with Crippen LogP contribution in [0.2, 0.25) is 0 Å². The molecule has 7 nitrogen and oxygen atoms in total. The second-order valence-corrected chi connectivity index (χ2v) is 15.8. The molecule has 0 N–H and O–H groups in total. The van der Waals surface area contributed by atoms with Gasteiger partial charge < -0.3 is 23.7 Å². The zero-order chi connectivity index (χ0) is 30.9. The summed E-state index contributed by atoms with van der Waals surface area (Å²) in [5, 5.41) is 0. The first-order chi connectivity index (χ1) is 17.4. The van der Waals surface area contributed by atoms with Crippen molar-refractivity contribution in [3.05, 3.63) is 0 Å². The number of rotatable bonds is 17. The average Bonchev–Trinajstić information content (AvgIpc) is 2.70. The summed E-state index contributed by atoms with van der Waals surface area (Å²) in [7, 11) is 1.68. The Morgan fingerprint density at radius 3 is 1.62 bits per heavy atom. The maximum Gasteiger partial charge on any atom is 0.312 e. The highest BCUT2D eigenvalue weighted by Crippen LogP contribution is 2.35. The van der Waals surface area contributed by atoms with E-state index in [4.69, 9.17) is 23.7 Å². The first-order valence-electron chi connectivity index (χ1n) is 14.5. The van der Waals surface area contributed by atoms with Crippen LogP contribution in [0, 0.1) is 27.6 Å². The van der Waals surface area contributed by atoms with E-state index in [1.165, 1.54) is 0 Å². The van der Waals surface area contributed by atoms with Crippen LogP contribution in [-0.2, 0) is 33.3 Å². The van der Waals surface area contributed by atoms with E-state index in [1.54, 1.807) is 7.11 Å². The molecule has 2 unspecified atom stereocenters. The van der Waals surface area contributed by atoms with E-state index in [9.17, 15) is 9.59 Å². The van der Waals surface area contributed by atoms with Gasteiger partial charge in [-0.05, 0) is 77.6 Å². The van der Waals surface area contributed by atoms with Crippen molar-refractivity contribution in [2.75, 3.05) is 33.5 Å². The van der Waals surface area contributed by atoms with Crippen LogP contribution < -0.4 is 0 Å². The fourth-order valence-corrected chi connectivity index (χ4v) is 5.12. The van der Waals surface area contributed by atoms with Crippen molar-refractivity contribution in [3.63, 3.8) is 0 Å². The number of carbonyl (C=O) groups excluding carboxylic acids is 2. The number of hydrogen-bond donors (Lipinski definition) is 0. The summed E-state index contributed by atoms with van der Waals surface area (Å²) in [6.07, 6.45) is 1.27. The largest absolute Gasteiger partial charge is 0.461 e. The van der Waals surface area contributed by atoms with Crippen LogP contribution in [0.25, 0.3) is 0 Å². The van der Waals surface area contributed by atoms with Crippen molar-refractivity contribution in [2.45, 2.75) is 134 Å². The summed E-state index contributed by atoms with van der Waals surface area (Å²) >= 11 is 0. The molecule has 0 aliphatic rings. The van der Waals surface area contributed by atoms with E-state index in [2.05, 4.69) is 55.4 Å². The summed E-state index contributed by atoms with van der Waals surface area (Å²) < 4.78 is 29.2. The predicted molar refractivity (Wildman–Crippen MR) is 158 cm³/mol. The van der Waals surface area contributed by atoms with Crippen molar-refractivity contribution in [2.24, 2.45) is 27.6 Å². The smallest absolute Gasteiger partial charge is 0.312 e. The van der Waals surface area contributed by atoms with Gasteiger partial charge in [0, 0.05) is 13.7 Å². The van der Waals surface area contributed by atoms with Crippen molar-refractivity contribution < 1.29 is 33.3 Å². The lowest BCUT2D eigenvalue weighted by molar-refractivity contribution is -0.176. The molecule has 0 amide bonds. The molecule has 0 fully saturated rings. The van der Waals surface area contributed by atoms with Gasteiger partial charge in [-0.15, -0.1) is 0 Å². The van der Waals surface area contributed by atoms with Gasteiger partial charge in [0.05, 0.1) is 35.7 Å². The minimum absolute atomic E-state index is 0.0142. The molecule has 0 aromatic carbocycles. The summed E-state index contributed by atoms with van der Waals surface area (Å²) in [5.74, 6) is -0.304. The highest BCUT2D eigenvalue weighted by molar-refractivity contribution is 5.77. The maximum atomic E-state index is 13.2. The fourth-order valence-electron chi connectivity index (χ4n) is 5.12. The molecule has 0 heterocycles. The average molecular weight is 559 g/mol. The van der Waals surface area contributed by atoms with Crippen LogP contribution in [0.15, 0.2) is 0 Å². The summed E-state index contributed by atoms with van der Waals surface area (Å²) in [6, 6.07) is 0. The van der Waals surface area contributed by atoms with Crippen LogP contribution >= 0.6 is 0 Å². The van der Waals surface area contributed by atoms with Gasteiger partial charge in [-0.1, -0.05) is 55.4 Å². The molecular weight excluding hydrogens is 496 g/mol. The Labute approximate surface area is 240 Å². The minimum atomic E-state index is -0.702. The minimum Gasteiger partial charge on any atom is -0.461 e. The molecule has 0 aromatic rings. The van der Waals surface area contributed by atoms with Gasteiger partial charge in [-0.3, -0.25) is 9.59 Å². The van der Waals surface area contributed by atoms with E-state index in [0.717, 1.165) is 0 Å². The number of carbonyl (C=O) groups is 2. The Morgan fingerprint density at radius 2 is 1.18 bits per heavy atom. The van der Waals surface area contributed by atoms with E-state index in [1.807, 2.05) is 41.5 Å². The molecule has 2 atom stereocenters. The Bertz CT molecular complexity index is 739. The SMILES string of the molecule is COCC(OC(C)(C)CCOCC(COC(=O)C(C)(C)CC(C)(C)C)OC(=O)C(C)(C)CC(C)(C)C)C(C)C. The molecule has 0 aliphatic heterocycles. The molecule has 0 saturated carbocycles. The van der Waals surface area contributed by atoms with Gasteiger partial charge in [0.25, 0.3) is 0 Å². The molecule has 0 radical (unpaired) electrons. The molecule has 232 valence electrons. The molecule has 0 spiro atoms. The molecule has 0 aliphatic carbocycles. The summed E-state index contributed by atoms with van der Waals surface area (Å²) in [6.45, 7) is 29.5. The van der Waals surface area contributed by atoms with Crippen LogP contribution in [0.3, 0.4) is 0 Å². The van der Waals surface area contributed by atoms with Crippen LogP contribution in [-0.4, -0.2) is 63.3 Å². The van der Waals surface area contributed by atoms with Crippen LogP contribution in [0.4, 0.5) is 0 Å². The molecule has 7 heteroatoms. The number of hydrogen-bond acceptors (Lipinski definition) is 7. The van der Waals surface area contributed by atoms with Gasteiger partial charge in [0.15, 0.2) is 6.10 Å². The quantitative estimate of drug-likeness (QED) is 0.137. The first-order valence-corrected chi connectivity index (χ1v) is 14.5. The third-order valence-corrected chi connectivity index (χ3v) is 6.42. The molecular formula is C32H62O7. The van der Waals surface area contributed by atoms with Gasteiger partial charge in [-0.2, -0.15) is 0 Å². The summed E-state index contributed by atoms with van der Waals surface area (Å²) in [4.78, 5) is 26.1. The molecule has 39 heavy (non-hydrogen) atoms. The highest BCUT2D eigenvalue weighted by Gasteiger charge is 2.37.